The zero-order valence-electron chi connectivity index (χ0n) is 16.1. The first-order chi connectivity index (χ1) is 13.4. The van der Waals surface area contributed by atoms with E-state index in [1.165, 1.54) is 14.0 Å². The largest absolute Gasteiger partial charge is 0.399 e. The van der Waals surface area contributed by atoms with Crippen molar-refractivity contribution in [2.45, 2.75) is 11.8 Å². The maximum atomic E-state index is 11.5. The summed E-state index contributed by atoms with van der Waals surface area (Å²) in [6.45, 7) is 1.44. The Hall–Kier alpha value is -3.10. The van der Waals surface area contributed by atoms with E-state index < -0.39 is 11.1 Å². The molecular weight excluding hydrogens is 376 g/mol. The molecule has 3 aromatic rings. The van der Waals surface area contributed by atoms with Crippen molar-refractivity contribution in [1.82, 2.24) is 0 Å². The van der Waals surface area contributed by atoms with Crippen molar-refractivity contribution in [1.29, 1.82) is 0 Å². The van der Waals surface area contributed by atoms with Gasteiger partial charge >= 0.3 is 0 Å². The lowest BCUT2D eigenvalue weighted by atomic mass is 10.1. The number of rotatable bonds is 3. The minimum absolute atomic E-state index is 0.576. The first-order valence-electron chi connectivity index (χ1n) is 8.34. The van der Waals surface area contributed by atoms with Crippen LogP contribution in [0.1, 0.15) is 6.92 Å². The number of benzene rings is 3. The number of fused-ring (bicyclic) bond motifs is 1. The van der Waals surface area contributed by atoms with Gasteiger partial charge in [0.2, 0.25) is 0 Å². The molecule has 0 saturated carbocycles. The smallest absolute Gasteiger partial charge is 0.188 e. The van der Waals surface area contributed by atoms with Crippen LogP contribution >= 0.6 is 0 Å². The Bertz CT molecular complexity index is 931. The number of carbonyl (C=O) groups is 1. The molecule has 0 fully saturated rings. The van der Waals surface area contributed by atoms with Crippen LogP contribution in [0.15, 0.2) is 59.5 Å². The van der Waals surface area contributed by atoms with Crippen LogP contribution in [0.3, 0.4) is 0 Å². The van der Waals surface area contributed by atoms with Crippen LogP contribution in [-0.2, 0) is 20.1 Å². The van der Waals surface area contributed by atoms with E-state index in [-0.39, 0.29) is 0 Å². The number of hydrogen-bond donors (Lipinski definition) is 4. The molecule has 0 aliphatic rings. The molecule has 0 heterocycles. The molecule has 1 unspecified atom stereocenters. The molecule has 1 atom stereocenters. The van der Waals surface area contributed by atoms with Crippen molar-refractivity contribution in [3.05, 3.63) is 54.6 Å². The average Bonchev–Trinajstić information content (AvgIpc) is 2.71. The second-order valence-corrected chi connectivity index (χ2v) is 6.73. The molecule has 0 aliphatic carbocycles. The lowest BCUT2D eigenvalue weighted by Gasteiger charge is -2.07. The van der Waals surface area contributed by atoms with Crippen LogP contribution in [0.2, 0.25) is 0 Å². The van der Waals surface area contributed by atoms with E-state index in [0.29, 0.717) is 16.3 Å². The Morgan fingerprint density at radius 1 is 0.929 bits per heavy atom. The number of nitrogen functional groups attached to an aromatic ring is 3. The summed E-state index contributed by atoms with van der Waals surface area (Å²) in [4.78, 5) is 9.38. The Kier molecular flexibility index (Phi) is 9.49. The first-order valence-corrected chi connectivity index (χ1v) is 9.42. The summed E-state index contributed by atoms with van der Waals surface area (Å²) in [6, 6.07) is 16.4. The SMILES string of the molecule is CC=O.CNc1ccc(N)cc1.COS(=O)c1ccc2c(N)ccc(N)c2c1. The Morgan fingerprint density at radius 3 is 1.96 bits per heavy atom. The summed E-state index contributed by atoms with van der Waals surface area (Å²) in [6.07, 6.45) is 0.750. The second kappa shape index (κ2) is 11.6. The van der Waals surface area contributed by atoms with Gasteiger partial charge in [-0.1, -0.05) is 6.07 Å². The van der Waals surface area contributed by atoms with Gasteiger partial charge in [0.05, 0.1) is 12.0 Å². The molecule has 0 aliphatic heterocycles. The van der Waals surface area contributed by atoms with Crippen LogP contribution in [0, 0.1) is 0 Å². The van der Waals surface area contributed by atoms with Crippen LogP contribution in [0.5, 0.6) is 0 Å². The standard InChI is InChI=1S/C11H12N2O2S.C7H10N2.C2H4O/c1-15-16(14)7-2-3-8-9(6-7)11(13)5-4-10(8)12;1-9-7-4-2-6(8)3-5-7;1-2-3/h2-6H,12-13H2,1H3;2-5,9H,8H2,1H3;2H,1H3. The number of anilines is 4. The van der Waals surface area contributed by atoms with Crippen molar-refractivity contribution < 1.29 is 13.2 Å². The van der Waals surface area contributed by atoms with Crippen molar-refractivity contribution in [2.24, 2.45) is 0 Å². The van der Waals surface area contributed by atoms with E-state index in [1.54, 1.807) is 30.3 Å². The van der Waals surface area contributed by atoms with Gasteiger partial charge in [0, 0.05) is 40.6 Å². The molecule has 3 rings (SSSR count). The highest BCUT2D eigenvalue weighted by Gasteiger charge is 2.07. The number of aldehydes is 1. The molecule has 0 aromatic heterocycles. The third-order valence-corrected chi connectivity index (χ3v) is 4.54. The highest BCUT2D eigenvalue weighted by molar-refractivity contribution is 7.80. The van der Waals surface area contributed by atoms with E-state index in [0.717, 1.165) is 28.4 Å². The molecule has 7 N–H and O–H groups in total. The summed E-state index contributed by atoms with van der Waals surface area (Å²) in [5.41, 5.74) is 20.3. The molecule has 0 amide bonds. The Balaban J connectivity index is 0.000000276. The maximum Gasteiger partial charge on any atom is 0.188 e. The van der Waals surface area contributed by atoms with Gasteiger partial charge < -0.3 is 27.3 Å². The topological polar surface area (TPSA) is 133 Å². The van der Waals surface area contributed by atoms with Crippen molar-refractivity contribution in [3.63, 3.8) is 0 Å². The van der Waals surface area contributed by atoms with Crippen LogP contribution < -0.4 is 22.5 Å². The molecule has 150 valence electrons. The van der Waals surface area contributed by atoms with Gasteiger partial charge in [-0.3, -0.25) is 4.18 Å². The fraction of sp³-hybridized carbons (Fsp3) is 0.150. The average molecular weight is 403 g/mol. The van der Waals surface area contributed by atoms with E-state index in [4.69, 9.17) is 26.2 Å². The number of hydrogen-bond acceptors (Lipinski definition) is 7. The van der Waals surface area contributed by atoms with Gasteiger partial charge in [0.15, 0.2) is 11.1 Å². The zero-order valence-corrected chi connectivity index (χ0v) is 17.0. The third-order valence-electron chi connectivity index (χ3n) is 3.60. The fourth-order valence-corrected chi connectivity index (χ4v) is 2.81. The zero-order chi connectivity index (χ0) is 21.1. The van der Waals surface area contributed by atoms with E-state index in [2.05, 4.69) is 5.32 Å². The van der Waals surface area contributed by atoms with Gasteiger partial charge in [0.25, 0.3) is 0 Å². The molecule has 28 heavy (non-hydrogen) atoms. The van der Waals surface area contributed by atoms with E-state index in [9.17, 15) is 4.21 Å². The number of carbonyl (C=O) groups excluding carboxylic acids is 1. The molecule has 0 spiro atoms. The Morgan fingerprint density at radius 2 is 1.46 bits per heavy atom. The molecular formula is C20H26N4O3S. The van der Waals surface area contributed by atoms with E-state index >= 15 is 0 Å². The van der Waals surface area contributed by atoms with Crippen LogP contribution in [0.4, 0.5) is 22.7 Å². The van der Waals surface area contributed by atoms with Crippen LogP contribution in [0.25, 0.3) is 10.8 Å². The summed E-state index contributed by atoms with van der Waals surface area (Å²) in [7, 11) is 3.27. The van der Waals surface area contributed by atoms with Gasteiger partial charge in [-0.25, -0.2) is 4.21 Å². The molecule has 0 bridgehead atoms. The first kappa shape index (κ1) is 22.9. The number of nitrogens with two attached hydrogens (primary N) is 3. The maximum absolute atomic E-state index is 11.5. The van der Waals surface area contributed by atoms with Crippen molar-refractivity contribution in [2.75, 3.05) is 36.7 Å². The summed E-state index contributed by atoms with van der Waals surface area (Å²) in [5, 5.41) is 4.65. The molecule has 3 aromatic carbocycles. The van der Waals surface area contributed by atoms with Crippen LogP contribution in [-0.4, -0.2) is 24.7 Å². The molecule has 0 saturated heterocycles. The summed E-state index contributed by atoms with van der Waals surface area (Å²) < 4.78 is 16.2. The predicted molar refractivity (Wildman–Crippen MR) is 118 cm³/mol. The van der Waals surface area contributed by atoms with Crippen molar-refractivity contribution >= 4 is 50.9 Å². The monoisotopic (exact) mass is 402 g/mol. The second-order valence-electron chi connectivity index (χ2n) is 5.46. The number of nitrogens with one attached hydrogen (secondary N) is 1. The molecule has 0 radical (unpaired) electrons. The lowest BCUT2D eigenvalue weighted by Crippen LogP contribution is -1.96. The summed E-state index contributed by atoms with van der Waals surface area (Å²) in [5.74, 6) is 0. The van der Waals surface area contributed by atoms with Gasteiger partial charge in [-0.05, 0) is 55.5 Å². The lowest BCUT2D eigenvalue weighted by molar-refractivity contribution is -0.106. The Labute approximate surface area is 167 Å². The quantitative estimate of drug-likeness (QED) is 0.390. The fourth-order valence-electron chi connectivity index (χ4n) is 2.22. The van der Waals surface area contributed by atoms with Crippen molar-refractivity contribution in [3.8, 4) is 0 Å². The predicted octanol–water partition coefficient (Wildman–Crippen LogP) is 3.19. The van der Waals surface area contributed by atoms with Gasteiger partial charge in [0.1, 0.15) is 6.29 Å². The van der Waals surface area contributed by atoms with Gasteiger partial charge in [-0.2, -0.15) is 0 Å². The highest BCUT2D eigenvalue weighted by Crippen LogP contribution is 2.28. The molecule has 7 nitrogen and oxygen atoms in total. The normalized spacial score (nSPS) is 10.7. The minimum Gasteiger partial charge on any atom is -0.399 e. The summed E-state index contributed by atoms with van der Waals surface area (Å²) >= 11 is -1.46. The van der Waals surface area contributed by atoms with E-state index in [1.807, 2.05) is 31.3 Å². The highest BCUT2D eigenvalue weighted by atomic mass is 32.2. The third kappa shape index (κ3) is 6.57. The molecule has 8 heteroatoms. The minimum atomic E-state index is -1.46. The van der Waals surface area contributed by atoms with Gasteiger partial charge in [-0.15, -0.1) is 0 Å².